The second-order valence-electron chi connectivity index (χ2n) is 8.29. The van der Waals surface area contributed by atoms with Crippen LogP contribution in [0.1, 0.15) is 41.2 Å². The van der Waals surface area contributed by atoms with Crippen LogP contribution in [0.25, 0.3) is 11.0 Å². The van der Waals surface area contributed by atoms with E-state index in [1.807, 2.05) is 13.8 Å². The smallest absolute Gasteiger partial charge is 0.279 e. The number of rotatable bonds is 8. The first kappa shape index (κ1) is 25.7. The van der Waals surface area contributed by atoms with Crippen LogP contribution >= 0.6 is 0 Å². The Hall–Kier alpha value is -4.37. The molecule has 190 valence electrons. The van der Waals surface area contributed by atoms with Crippen molar-refractivity contribution >= 4 is 22.8 Å². The van der Waals surface area contributed by atoms with Crippen molar-refractivity contribution in [2.75, 3.05) is 6.54 Å². The van der Waals surface area contributed by atoms with E-state index in [0.717, 1.165) is 0 Å². The molecule has 0 saturated heterocycles. The number of hydrogen-bond acceptors (Lipinski definition) is 4. The van der Waals surface area contributed by atoms with Crippen LogP contribution in [0, 0.1) is 11.6 Å². The molecule has 9 heteroatoms. The quantitative estimate of drug-likeness (QED) is 0.246. The number of aromatic nitrogens is 2. The van der Waals surface area contributed by atoms with Gasteiger partial charge in [0.25, 0.3) is 5.91 Å². The average molecular weight is 504 g/mol. The van der Waals surface area contributed by atoms with E-state index >= 15 is 8.78 Å². The molecule has 0 fully saturated rings. The summed E-state index contributed by atoms with van der Waals surface area (Å²) < 4.78 is 31.8. The fourth-order valence-corrected chi connectivity index (χ4v) is 4.23. The van der Waals surface area contributed by atoms with Gasteiger partial charge >= 0.3 is 0 Å². The zero-order valence-corrected chi connectivity index (χ0v) is 20.5. The van der Waals surface area contributed by atoms with Gasteiger partial charge in [-0.1, -0.05) is 36.4 Å². The minimum absolute atomic E-state index is 0.0152. The van der Waals surface area contributed by atoms with Gasteiger partial charge in [-0.2, -0.15) is 4.99 Å². The van der Waals surface area contributed by atoms with E-state index in [2.05, 4.69) is 15.3 Å². The van der Waals surface area contributed by atoms with Crippen molar-refractivity contribution in [2.45, 2.75) is 26.0 Å². The molecule has 4 N–H and O–H groups in total. The van der Waals surface area contributed by atoms with Gasteiger partial charge in [0, 0.05) is 36.0 Å². The van der Waals surface area contributed by atoms with E-state index in [1.54, 1.807) is 35.0 Å². The molecule has 0 bridgehead atoms. The molecular formula is C28H27F2N5O2. The molecule has 0 spiro atoms. The molecule has 1 aromatic heterocycles. The number of nitrogens with one attached hydrogen (secondary N) is 1. The van der Waals surface area contributed by atoms with Gasteiger partial charge in [-0.15, -0.1) is 0 Å². The monoisotopic (exact) mass is 503 g/mol. The number of hydrogen-bond donors (Lipinski definition) is 3. The number of carbonyl (C=O) groups excluding carboxylic acids is 1. The molecule has 1 amide bonds. The molecule has 0 radical (unpaired) electrons. The highest BCUT2D eigenvalue weighted by Crippen LogP contribution is 2.40. The topological polar surface area (TPSA) is 106 Å². The Bertz CT molecular complexity index is 1460. The Morgan fingerprint density at radius 3 is 2.27 bits per heavy atom. The molecule has 0 aliphatic heterocycles. The van der Waals surface area contributed by atoms with Gasteiger partial charge < -0.3 is 20.7 Å². The third kappa shape index (κ3) is 4.85. The summed E-state index contributed by atoms with van der Waals surface area (Å²) in [6.07, 6.45) is 3.08. The molecule has 0 unspecified atom stereocenters. The molecule has 4 aromatic rings. The molecule has 4 rings (SSSR count). The summed E-state index contributed by atoms with van der Waals surface area (Å²) in [7, 11) is 0. The molecule has 1 heterocycles. The zero-order valence-electron chi connectivity index (χ0n) is 20.5. The van der Waals surface area contributed by atoms with Crippen molar-refractivity contribution in [2.24, 2.45) is 10.7 Å². The summed E-state index contributed by atoms with van der Waals surface area (Å²) in [4.78, 5) is 21.3. The number of nitrogens with two attached hydrogens (primary N) is 1. The number of amides is 1. The molecule has 0 saturated carbocycles. The van der Waals surface area contributed by atoms with Crippen molar-refractivity contribution < 1.29 is 18.7 Å². The first-order valence-electron chi connectivity index (χ1n) is 11.8. The van der Waals surface area contributed by atoms with Crippen LogP contribution < -0.4 is 11.1 Å². The second-order valence-corrected chi connectivity index (χ2v) is 8.29. The summed E-state index contributed by atoms with van der Waals surface area (Å²) in [6.45, 7) is 4.72. The minimum Gasteiger partial charge on any atom is -0.391 e. The first-order valence-corrected chi connectivity index (χ1v) is 11.8. The van der Waals surface area contributed by atoms with Crippen molar-refractivity contribution in [3.05, 3.63) is 113 Å². The Labute approximate surface area is 213 Å². The average Bonchev–Trinajstić information content (AvgIpc) is 3.27. The number of aliphatic imine (C=N–C) groups is 1. The summed E-state index contributed by atoms with van der Waals surface area (Å²) in [5.74, 6) is -1.95. The Kier molecular flexibility index (Phi) is 7.45. The van der Waals surface area contributed by atoms with Gasteiger partial charge in [-0.3, -0.25) is 4.79 Å². The van der Waals surface area contributed by atoms with E-state index in [9.17, 15) is 9.90 Å². The van der Waals surface area contributed by atoms with Crippen LogP contribution in [0.4, 0.5) is 8.78 Å². The van der Waals surface area contributed by atoms with Crippen molar-refractivity contribution in [1.29, 1.82) is 0 Å². The van der Waals surface area contributed by atoms with Crippen molar-refractivity contribution in [3.63, 3.8) is 0 Å². The fraction of sp³-hybridized carbons (Fsp3) is 0.179. The number of imidazole rings is 1. The zero-order chi connectivity index (χ0) is 26.6. The van der Waals surface area contributed by atoms with Gasteiger partial charge in [0.1, 0.15) is 17.5 Å². The Morgan fingerprint density at radius 2 is 1.70 bits per heavy atom. The van der Waals surface area contributed by atoms with Crippen LogP contribution in [-0.2, 0) is 12.1 Å². The number of benzene rings is 3. The van der Waals surface area contributed by atoms with E-state index in [1.165, 1.54) is 48.5 Å². The molecule has 37 heavy (non-hydrogen) atoms. The Balaban J connectivity index is 1.90. The molecule has 0 atom stereocenters. The summed E-state index contributed by atoms with van der Waals surface area (Å²) in [5, 5.41) is 15.1. The molecule has 7 nitrogen and oxygen atoms in total. The van der Waals surface area contributed by atoms with Crippen LogP contribution in [0.5, 0.6) is 0 Å². The fourth-order valence-electron chi connectivity index (χ4n) is 4.23. The van der Waals surface area contributed by atoms with Gasteiger partial charge in [0.2, 0.25) is 0 Å². The third-order valence-electron chi connectivity index (χ3n) is 5.97. The number of aliphatic hydroxyl groups is 1. The molecule has 3 aromatic carbocycles. The van der Waals surface area contributed by atoms with Crippen LogP contribution in [0.15, 0.2) is 84.0 Å². The number of aryl methyl sites for hydroxylation is 1. The van der Waals surface area contributed by atoms with Crippen LogP contribution in [-0.4, -0.2) is 32.9 Å². The number of amidine groups is 1. The number of halogens is 2. The minimum atomic E-state index is -2.25. The van der Waals surface area contributed by atoms with E-state index in [-0.39, 0.29) is 28.4 Å². The highest BCUT2D eigenvalue weighted by Gasteiger charge is 2.42. The highest BCUT2D eigenvalue weighted by molar-refractivity contribution is 6.07. The standard InChI is InChI=1S/C28H27F2N5O2/c1-3-32-16-15-25(31)34-26(36)18-13-14-23-24(17-18)35(4-2)27(33-23)28(37,19-9-5-7-11-21(19)29)20-10-6-8-12-22(20)30/h5-17,32,37H,3-4H2,1-2H3,(H2,31,34,36)/b16-15-. The maximum atomic E-state index is 15.1. The SMILES string of the molecule is CCN/C=C\C(N)=NC(=O)c1ccc2nc(C(O)(c3ccccc3F)c3ccccc3F)n(CC)c2c1. The maximum absolute atomic E-state index is 15.1. The maximum Gasteiger partial charge on any atom is 0.279 e. The Morgan fingerprint density at radius 1 is 1.08 bits per heavy atom. The lowest BCUT2D eigenvalue weighted by atomic mass is 9.84. The third-order valence-corrected chi connectivity index (χ3v) is 5.97. The van der Waals surface area contributed by atoms with Crippen molar-refractivity contribution in [1.82, 2.24) is 14.9 Å². The largest absolute Gasteiger partial charge is 0.391 e. The summed E-state index contributed by atoms with van der Waals surface area (Å²) in [6, 6.07) is 16.0. The van der Waals surface area contributed by atoms with Gasteiger partial charge in [0.05, 0.1) is 11.0 Å². The number of carbonyl (C=O) groups is 1. The van der Waals surface area contributed by atoms with Crippen LogP contribution in [0.3, 0.4) is 0 Å². The number of fused-ring (bicyclic) bond motifs is 1. The number of nitrogens with zero attached hydrogens (tertiary/aromatic N) is 3. The van der Waals surface area contributed by atoms with Crippen LogP contribution in [0.2, 0.25) is 0 Å². The van der Waals surface area contributed by atoms with E-state index in [4.69, 9.17) is 5.73 Å². The first-order chi connectivity index (χ1) is 17.8. The van der Waals surface area contributed by atoms with Gasteiger partial charge in [0.15, 0.2) is 11.4 Å². The van der Waals surface area contributed by atoms with Crippen molar-refractivity contribution in [3.8, 4) is 0 Å². The van der Waals surface area contributed by atoms with E-state index in [0.29, 0.717) is 24.1 Å². The normalized spacial score (nSPS) is 12.4. The second kappa shape index (κ2) is 10.7. The summed E-state index contributed by atoms with van der Waals surface area (Å²) >= 11 is 0. The molecule has 0 aliphatic rings. The highest BCUT2D eigenvalue weighted by atomic mass is 19.1. The van der Waals surface area contributed by atoms with E-state index < -0.39 is 23.1 Å². The lowest BCUT2D eigenvalue weighted by Gasteiger charge is -2.30. The lowest BCUT2D eigenvalue weighted by molar-refractivity contribution is 0.100. The molecular weight excluding hydrogens is 476 g/mol. The van der Waals surface area contributed by atoms with Gasteiger partial charge in [-0.05, 0) is 50.3 Å². The predicted molar refractivity (Wildman–Crippen MR) is 139 cm³/mol. The van der Waals surface area contributed by atoms with Gasteiger partial charge in [-0.25, -0.2) is 13.8 Å². The lowest BCUT2D eigenvalue weighted by Crippen LogP contribution is -2.34. The summed E-state index contributed by atoms with van der Waals surface area (Å²) in [5.41, 5.74) is 4.44. The molecule has 0 aliphatic carbocycles. The predicted octanol–water partition coefficient (Wildman–Crippen LogP) is 4.24.